The molecule has 0 atom stereocenters. The van der Waals surface area contributed by atoms with Gasteiger partial charge >= 0.3 is 12.2 Å². The summed E-state index contributed by atoms with van der Waals surface area (Å²) in [5, 5.41) is 5.28. The molecular formula is C17H20F3N3O4S2. The third-order valence-corrected chi connectivity index (χ3v) is 5.98. The van der Waals surface area contributed by atoms with Crippen LogP contribution in [0.3, 0.4) is 0 Å². The molecule has 2 N–H and O–H groups in total. The van der Waals surface area contributed by atoms with Crippen LogP contribution in [0, 0.1) is 6.92 Å². The summed E-state index contributed by atoms with van der Waals surface area (Å²) in [6.45, 7) is 4.57. The Kier molecular flexibility index (Phi) is 7.25. The van der Waals surface area contributed by atoms with Gasteiger partial charge in [-0.2, -0.15) is 13.2 Å². The standard InChI is InChI=1S/C17H20F3N3O4S2/c1-4-27-8-7-21-15(24)23-16-22-10(2)14(28-16)11-5-6-13(29(3,25)26)12(9-11)17(18,19)20/h5-6,9H,4,7-8H2,1-3H3,(H2,21,22,23,24). The Hall–Kier alpha value is -2.18. The number of urea groups is 1. The van der Waals surface area contributed by atoms with Gasteiger partial charge in [0, 0.05) is 19.4 Å². The third-order valence-electron chi connectivity index (χ3n) is 3.70. The van der Waals surface area contributed by atoms with Crippen molar-refractivity contribution in [2.75, 3.05) is 31.3 Å². The smallest absolute Gasteiger partial charge is 0.380 e. The zero-order valence-electron chi connectivity index (χ0n) is 15.9. The van der Waals surface area contributed by atoms with Gasteiger partial charge in [0.25, 0.3) is 0 Å². The van der Waals surface area contributed by atoms with E-state index in [0.717, 1.165) is 29.7 Å². The number of anilines is 1. The monoisotopic (exact) mass is 451 g/mol. The molecule has 0 saturated heterocycles. The first kappa shape index (κ1) is 23.1. The lowest BCUT2D eigenvalue weighted by Gasteiger charge is -2.13. The zero-order valence-corrected chi connectivity index (χ0v) is 17.5. The number of thiazole rings is 1. The molecule has 12 heteroatoms. The van der Waals surface area contributed by atoms with Crippen molar-refractivity contribution in [3.05, 3.63) is 29.5 Å². The number of nitrogens with one attached hydrogen (secondary N) is 2. The van der Waals surface area contributed by atoms with Gasteiger partial charge in [-0.25, -0.2) is 18.2 Å². The molecule has 160 valence electrons. The highest BCUT2D eigenvalue weighted by Crippen LogP contribution is 2.39. The molecule has 0 aliphatic rings. The van der Waals surface area contributed by atoms with Crippen LogP contribution < -0.4 is 10.6 Å². The average molecular weight is 451 g/mol. The highest BCUT2D eigenvalue weighted by atomic mass is 32.2. The molecule has 0 saturated carbocycles. The van der Waals surface area contributed by atoms with Gasteiger partial charge in [-0.1, -0.05) is 17.4 Å². The molecular weight excluding hydrogens is 431 g/mol. The second-order valence-corrected chi connectivity index (χ2v) is 8.98. The van der Waals surface area contributed by atoms with E-state index in [4.69, 9.17) is 4.74 Å². The highest BCUT2D eigenvalue weighted by molar-refractivity contribution is 7.90. The van der Waals surface area contributed by atoms with Crippen molar-refractivity contribution in [2.45, 2.75) is 24.9 Å². The largest absolute Gasteiger partial charge is 0.417 e. The first-order chi connectivity index (χ1) is 13.4. The molecule has 2 aromatic rings. The van der Waals surface area contributed by atoms with Crippen LogP contribution in [0.1, 0.15) is 18.2 Å². The number of aromatic nitrogens is 1. The Morgan fingerprint density at radius 1 is 1.31 bits per heavy atom. The number of ether oxygens (including phenoxy) is 1. The number of amides is 2. The van der Waals surface area contributed by atoms with Gasteiger partial charge in [-0.15, -0.1) is 0 Å². The number of hydrogen-bond donors (Lipinski definition) is 2. The predicted molar refractivity (Wildman–Crippen MR) is 104 cm³/mol. The van der Waals surface area contributed by atoms with E-state index >= 15 is 0 Å². The Bertz CT molecular complexity index is 988. The summed E-state index contributed by atoms with van der Waals surface area (Å²) in [6.07, 6.45) is -4.12. The van der Waals surface area contributed by atoms with Crippen LogP contribution in [0.4, 0.5) is 23.1 Å². The van der Waals surface area contributed by atoms with Crippen LogP contribution in [-0.4, -0.2) is 45.4 Å². The van der Waals surface area contributed by atoms with Gasteiger partial charge in [-0.05, 0) is 31.5 Å². The summed E-state index contributed by atoms with van der Waals surface area (Å²) in [5.41, 5.74) is -0.683. The zero-order chi connectivity index (χ0) is 21.8. The number of carbonyl (C=O) groups is 1. The van der Waals surface area contributed by atoms with E-state index < -0.39 is 32.5 Å². The van der Waals surface area contributed by atoms with Crippen molar-refractivity contribution in [1.82, 2.24) is 10.3 Å². The molecule has 1 aromatic heterocycles. The molecule has 0 fully saturated rings. The fourth-order valence-electron chi connectivity index (χ4n) is 2.46. The number of carbonyl (C=O) groups excluding carboxylic acids is 1. The quantitative estimate of drug-likeness (QED) is 0.626. The molecule has 0 aliphatic heterocycles. The van der Waals surface area contributed by atoms with Crippen molar-refractivity contribution in [1.29, 1.82) is 0 Å². The van der Waals surface area contributed by atoms with E-state index in [1.807, 2.05) is 6.92 Å². The molecule has 0 radical (unpaired) electrons. The lowest BCUT2D eigenvalue weighted by molar-refractivity contribution is -0.139. The van der Waals surface area contributed by atoms with E-state index in [9.17, 15) is 26.4 Å². The van der Waals surface area contributed by atoms with Crippen LogP contribution in [0.2, 0.25) is 0 Å². The summed E-state index contributed by atoms with van der Waals surface area (Å²) < 4.78 is 68.6. The predicted octanol–water partition coefficient (Wildman–Crippen LogP) is 3.70. The number of aryl methyl sites for hydroxylation is 1. The van der Waals surface area contributed by atoms with Gasteiger partial charge in [0.05, 0.1) is 27.6 Å². The molecule has 0 spiro atoms. The molecule has 0 aliphatic carbocycles. The molecule has 0 bridgehead atoms. The molecule has 2 rings (SSSR count). The van der Waals surface area contributed by atoms with Crippen molar-refractivity contribution >= 4 is 32.3 Å². The van der Waals surface area contributed by atoms with Crippen LogP contribution in [0.25, 0.3) is 10.4 Å². The van der Waals surface area contributed by atoms with Gasteiger partial charge in [0.15, 0.2) is 15.0 Å². The molecule has 7 nitrogen and oxygen atoms in total. The summed E-state index contributed by atoms with van der Waals surface area (Å²) in [4.78, 5) is 15.6. The first-order valence-electron chi connectivity index (χ1n) is 8.45. The number of nitrogens with zero attached hydrogens (tertiary/aromatic N) is 1. The number of hydrogen-bond acceptors (Lipinski definition) is 6. The first-order valence-corrected chi connectivity index (χ1v) is 11.2. The minimum Gasteiger partial charge on any atom is -0.380 e. The van der Waals surface area contributed by atoms with Gasteiger partial charge in [-0.3, -0.25) is 5.32 Å². The number of alkyl halides is 3. The van der Waals surface area contributed by atoms with Gasteiger partial charge in [0.2, 0.25) is 0 Å². The Balaban J connectivity index is 2.28. The molecule has 0 unspecified atom stereocenters. The van der Waals surface area contributed by atoms with Crippen molar-refractivity contribution < 1.29 is 31.1 Å². The number of benzene rings is 1. The van der Waals surface area contributed by atoms with Crippen LogP contribution >= 0.6 is 11.3 Å². The highest BCUT2D eigenvalue weighted by Gasteiger charge is 2.36. The summed E-state index contributed by atoms with van der Waals surface area (Å²) in [6, 6.07) is 2.48. The topological polar surface area (TPSA) is 97.4 Å². The normalized spacial score (nSPS) is 12.1. The summed E-state index contributed by atoms with van der Waals surface area (Å²) >= 11 is 0.986. The lowest BCUT2D eigenvalue weighted by Crippen LogP contribution is -2.31. The number of sulfone groups is 1. The second-order valence-electron chi connectivity index (χ2n) is 5.99. The molecule has 1 heterocycles. The lowest BCUT2D eigenvalue weighted by atomic mass is 10.1. The van der Waals surface area contributed by atoms with Crippen LogP contribution in [0.5, 0.6) is 0 Å². The fourth-order valence-corrected chi connectivity index (χ4v) is 4.30. The van der Waals surface area contributed by atoms with E-state index in [-0.39, 0.29) is 10.7 Å². The van der Waals surface area contributed by atoms with Crippen molar-refractivity contribution in [2.24, 2.45) is 0 Å². The molecule has 2 amide bonds. The summed E-state index contributed by atoms with van der Waals surface area (Å²) in [5.74, 6) is 0. The SMILES string of the molecule is CCOCCNC(=O)Nc1nc(C)c(-c2ccc(S(C)(=O)=O)c(C(F)(F)F)c2)s1. The number of halogens is 3. The van der Waals surface area contributed by atoms with Gasteiger partial charge < -0.3 is 10.1 Å². The van der Waals surface area contributed by atoms with Crippen LogP contribution in [0.15, 0.2) is 23.1 Å². The van der Waals surface area contributed by atoms with E-state index in [1.165, 1.54) is 6.07 Å². The maximum atomic E-state index is 13.4. The van der Waals surface area contributed by atoms with E-state index in [0.29, 0.717) is 30.3 Å². The third kappa shape index (κ3) is 6.15. The molecule has 29 heavy (non-hydrogen) atoms. The average Bonchev–Trinajstić information content (AvgIpc) is 2.97. The van der Waals surface area contributed by atoms with E-state index in [1.54, 1.807) is 6.92 Å². The van der Waals surface area contributed by atoms with Gasteiger partial charge in [0.1, 0.15) is 0 Å². The Morgan fingerprint density at radius 3 is 2.59 bits per heavy atom. The van der Waals surface area contributed by atoms with Crippen molar-refractivity contribution in [3.8, 4) is 10.4 Å². The second kappa shape index (κ2) is 9.09. The maximum absolute atomic E-state index is 13.4. The maximum Gasteiger partial charge on any atom is 0.417 e. The molecule has 1 aromatic carbocycles. The Morgan fingerprint density at radius 2 is 2.00 bits per heavy atom. The minimum atomic E-state index is -4.84. The summed E-state index contributed by atoms with van der Waals surface area (Å²) in [7, 11) is -4.06. The Labute approximate surface area is 170 Å². The van der Waals surface area contributed by atoms with E-state index in [2.05, 4.69) is 15.6 Å². The van der Waals surface area contributed by atoms with Crippen molar-refractivity contribution in [3.63, 3.8) is 0 Å². The number of rotatable bonds is 7. The fraction of sp³-hybridized carbons (Fsp3) is 0.412. The minimum absolute atomic E-state index is 0.157. The van der Waals surface area contributed by atoms with Crippen LogP contribution in [-0.2, 0) is 20.8 Å².